The van der Waals surface area contributed by atoms with Crippen LogP contribution >= 0.6 is 15.8 Å². The number of rotatable bonds is 31. The van der Waals surface area contributed by atoms with Gasteiger partial charge in [0, 0.05) is 0 Å². The van der Waals surface area contributed by atoms with E-state index in [1.54, 1.807) is 0 Å². The zero-order chi connectivity index (χ0) is 90.0. The minimum Gasteiger partial charge on any atom is -0.0617 e. The molecule has 124 heavy (non-hydrogen) atoms. The maximum absolute atomic E-state index is 2.77. The summed E-state index contributed by atoms with van der Waals surface area (Å²) < 4.78 is 0. The number of hydrogen-bond acceptors (Lipinski definition) is 0. The van der Waals surface area contributed by atoms with Gasteiger partial charge in [0.25, 0.3) is 0 Å². The SMILES string of the molecule is CC(C)c1cccc(C(C)C)c1-c1cc(-c2c(C(C)C)cccc2C(C)C)cc(P(CCP(c2cc(-c3c(C(C)C)cccc3C(C)C)cc(-c3c(C(C)C)cccc3C(C)C)c2)c2cc(-c3c(C(C)C)cccc3C(C)C)cc(-c3c(C(C)C)cccc3C(C)C)c2)c2cc(-c3c(C(C)C)cccc3C(C)C)cc(-c3c(C(C)C)cccc3C(C)C)c2)c1. The molecule has 0 amide bonds. The summed E-state index contributed by atoms with van der Waals surface area (Å²) in [4.78, 5) is 0. The van der Waals surface area contributed by atoms with Crippen molar-refractivity contribution in [2.75, 3.05) is 12.3 Å². The van der Waals surface area contributed by atoms with Gasteiger partial charge in [-0.05, 0) is 395 Å². The highest BCUT2D eigenvalue weighted by Gasteiger charge is 2.33. The van der Waals surface area contributed by atoms with Crippen molar-refractivity contribution in [1.29, 1.82) is 0 Å². The highest BCUT2D eigenvalue weighted by molar-refractivity contribution is 7.76. The highest BCUT2D eigenvalue weighted by atomic mass is 31.1. The molecular formula is C122H152P2. The fraction of sp³-hybridized carbons (Fsp3) is 0.410. The van der Waals surface area contributed by atoms with Crippen molar-refractivity contribution in [2.45, 2.75) is 316 Å². The van der Waals surface area contributed by atoms with Gasteiger partial charge in [0.2, 0.25) is 0 Å². The van der Waals surface area contributed by atoms with E-state index in [-0.39, 0.29) is 94.7 Å². The van der Waals surface area contributed by atoms with Crippen molar-refractivity contribution in [3.8, 4) is 89.0 Å². The largest absolute Gasteiger partial charge is 0.0617 e. The summed E-state index contributed by atoms with van der Waals surface area (Å²) in [6.45, 7) is 77.6. The lowest BCUT2D eigenvalue weighted by molar-refractivity contribution is 0.836. The van der Waals surface area contributed by atoms with Crippen molar-refractivity contribution in [3.05, 3.63) is 307 Å². The molecule has 0 unspecified atom stereocenters. The van der Waals surface area contributed by atoms with Gasteiger partial charge >= 0.3 is 0 Å². The van der Waals surface area contributed by atoms with E-state index < -0.39 is 15.8 Å². The van der Waals surface area contributed by atoms with Gasteiger partial charge in [-0.2, -0.15) is 0 Å². The van der Waals surface area contributed by atoms with Crippen LogP contribution in [0.3, 0.4) is 0 Å². The summed E-state index contributed by atoms with van der Waals surface area (Å²) in [5.74, 6) is 4.58. The van der Waals surface area contributed by atoms with E-state index in [1.165, 1.54) is 199 Å². The molecule has 0 aliphatic heterocycles. The summed E-state index contributed by atoms with van der Waals surface area (Å²) in [5, 5.41) is 5.75. The molecule has 0 nitrogen and oxygen atoms in total. The average Bonchev–Trinajstić information content (AvgIpc) is 0.747. The predicted octanol–water partition coefficient (Wildman–Crippen LogP) is 36.6. The minimum absolute atomic E-state index is 0.287. The third-order valence-electron chi connectivity index (χ3n) is 26.8. The first-order chi connectivity index (χ1) is 58.8. The fourth-order valence-electron chi connectivity index (χ4n) is 20.3. The van der Waals surface area contributed by atoms with Crippen molar-refractivity contribution in [2.24, 2.45) is 0 Å². The molecule has 12 rings (SSSR count). The van der Waals surface area contributed by atoms with Crippen LogP contribution in [0.5, 0.6) is 0 Å². The molecule has 12 aromatic rings. The second-order valence-electron chi connectivity index (χ2n) is 41.3. The van der Waals surface area contributed by atoms with Crippen LogP contribution in [0.2, 0.25) is 0 Å². The van der Waals surface area contributed by atoms with E-state index in [9.17, 15) is 0 Å². The lowest BCUT2D eigenvalue weighted by Crippen LogP contribution is -2.22. The van der Waals surface area contributed by atoms with Crippen molar-refractivity contribution < 1.29 is 0 Å². The van der Waals surface area contributed by atoms with E-state index >= 15 is 0 Å². The maximum Gasteiger partial charge on any atom is -0.0114 e. The van der Waals surface area contributed by atoms with Crippen LogP contribution in [0.1, 0.15) is 405 Å². The molecule has 0 atom stereocenters. The van der Waals surface area contributed by atoms with Gasteiger partial charge in [-0.1, -0.05) is 367 Å². The molecule has 650 valence electrons. The molecule has 0 aliphatic carbocycles. The molecule has 12 aromatic carbocycles. The third-order valence-corrected chi connectivity index (χ3v) is 32.0. The molecule has 0 aromatic heterocycles. The van der Waals surface area contributed by atoms with Gasteiger partial charge in [-0.15, -0.1) is 0 Å². The Labute approximate surface area is 756 Å². The van der Waals surface area contributed by atoms with Gasteiger partial charge in [0.05, 0.1) is 0 Å². The molecule has 0 heterocycles. The fourth-order valence-corrected chi connectivity index (χ4v) is 25.9. The second kappa shape index (κ2) is 40.2. The lowest BCUT2D eigenvalue weighted by atomic mass is 9.82. The Morgan fingerprint density at radius 1 is 0.137 bits per heavy atom. The summed E-state index contributed by atoms with van der Waals surface area (Å²) >= 11 is 0. The molecule has 2 heteroatoms. The Morgan fingerprint density at radius 2 is 0.226 bits per heavy atom. The molecule has 0 saturated heterocycles. The van der Waals surface area contributed by atoms with Crippen molar-refractivity contribution >= 4 is 37.1 Å². The number of benzene rings is 12. The molecule has 0 aliphatic rings. The van der Waals surface area contributed by atoms with Crippen LogP contribution in [0.25, 0.3) is 89.0 Å². The van der Waals surface area contributed by atoms with Gasteiger partial charge in [0.1, 0.15) is 0 Å². The Morgan fingerprint density at radius 3 is 0.306 bits per heavy atom. The summed E-state index contributed by atoms with van der Waals surface area (Å²) in [5.41, 5.74) is 44.5. The first kappa shape index (κ1) is 94.6. The van der Waals surface area contributed by atoms with Crippen LogP contribution in [0.4, 0.5) is 0 Å². The van der Waals surface area contributed by atoms with E-state index in [1.807, 2.05) is 0 Å². The summed E-state index contributed by atoms with van der Waals surface area (Å²) in [6.07, 6.45) is 1.84. The predicted molar refractivity (Wildman–Crippen MR) is 557 cm³/mol. The summed E-state index contributed by atoms with van der Waals surface area (Å²) in [7, 11) is -2.58. The summed E-state index contributed by atoms with van der Waals surface area (Å²) in [6, 6.07) is 90.8. The zero-order valence-electron chi connectivity index (χ0n) is 82.3. The standard InChI is InChI=1S/C122H152P2/c1-71(2)99-41-33-42-100(72(3)4)115(99)87-59-88(116-101(73(5)6)43-34-44-102(116)74(7)8)64-95(63-87)123(96-65-89(117-103(75(9)10)45-35-46-104(117)76(11)12)60-90(66-96)118-105(77(13)14)47-36-48-106(118)78(15)16)57-58-124(97-67-91(119-107(79(17)18)49-37-50-108(119)80(19)20)61-92(68-97)120-109(81(21)22)51-38-52-110(120)82(23)24)98-69-93(121-111(83(25)26)53-39-54-112(121)84(27)28)62-94(70-98)122-113(85(29)30)55-40-56-114(122)86(31)32/h33-56,59-86H,57-58H2,1-32H3. The van der Waals surface area contributed by atoms with Gasteiger partial charge in [-0.3, -0.25) is 0 Å². The minimum atomic E-state index is -1.29. The number of hydrogen-bond donors (Lipinski definition) is 0. The van der Waals surface area contributed by atoms with E-state index in [0.29, 0.717) is 0 Å². The maximum atomic E-state index is 2.77. The smallest absolute Gasteiger partial charge is 0.0114 e. The quantitative estimate of drug-likeness (QED) is 0.0380. The van der Waals surface area contributed by atoms with Crippen LogP contribution in [-0.2, 0) is 0 Å². The van der Waals surface area contributed by atoms with Crippen molar-refractivity contribution in [1.82, 2.24) is 0 Å². The first-order valence-corrected chi connectivity index (χ1v) is 51.1. The third kappa shape index (κ3) is 19.9. The molecule has 0 N–H and O–H groups in total. The van der Waals surface area contributed by atoms with Gasteiger partial charge < -0.3 is 0 Å². The van der Waals surface area contributed by atoms with Crippen LogP contribution in [0.15, 0.2) is 218 Å². The first-order valence-electron chi connectivity index (χ1n) is 48.0. The molecule has 0 bridgehead atoms. The Kier molecular flexibility index (Phi) is 30.7. The zero-order valence-corrected chi connectivity index (χ0v) is 84.1. The van der Waals surface area contributed by atoms with Crippen LogP contribution < -0.4 is 21.2 Å². The van der Waals surface area contributed by atoms with E-state index in [4.69, 9.17) is 0 Å². The normalized spacial score (nSPS) is 12.4. The second-order valence-corrected chi connectivity index (χ2v) is 46.0. The lowest BCUT2D eigenvalue weighted by Gasteiger charge is -2.30. The highest BCUT2D eigenvalue weighted by Crippen LogP contribution is 2.53. The molecule has 0 fully saturated rings. The Bertz CT molecular complexity index is 4500. The topological polar surface area (TPSA) is 0 Å². The van der Waals surface area contributed by atoms with Crippen LogP contribution in [-0.4, -0.2) is 12.3 Å². The molecule has 0 saturated carbocycles. The van der Waals surface area contributed by atoms with Crippen molar-refractivity contribution in [3.63, 3.8) is 0 Å². The molecule has 0 spiro atoms. The van der Waals surface area contributed by atoms with Crippen LogP contribution in [0, 0.1) is 0 Å². The van der Waals surface area contributed by atoms with Gasteiger partial charge in [-0.25, -0.2) is 0 Å². The average molecular weight is 1680 g/mol. The molecular weight excluding hydrogens is 1530 g/mol. The monoisotopic (exact) mass is 1680 g/mol. The van der Waals surface area contributed by atoms with E-state index in [2.05, 4.69) is 440 Å². The van der Waals surface area contributed by atoms with Gasteiger partial charge in [0.15, 0.2) is 0 Å². The van der Waals surface area contributed by atoms with E-state index in [0.717, 1.165) is 12.3 Å². The Balaban J connectivity index is 1.35. The molecule has 0 radical (unpaired) electrons. The Hall–Kier alpha value is -8.50.